The summed E-state index contributed by atoms with van der Waals surface area (Å²) in [5.74, 6) is 0.867. The van der Waals surface area contributed by atoms with Crippen LogP contribution in [0.5, 0.6) is 5.75 Å². The van der Waals surface area contributed by atoms with Crippen molar-refractivity contribution in [2.75, 3.05) is 26.9 Å². The van der Waals surface area contributed by atoms with Gasteiger partial charge < -0.3 is 20.1 Å². The Labute approximate surface area is 114 Å². The van der Waals surface area contributed by atoms with E-state index >= 15 is 0 Å². The summed E-state index contributed by atoms with van der Waals surface area (Å²) in [6.45, 7) is 3.88. The summed E-state index contributed by atoms with van der Waals surface area (Å²) in [4.78, 5) is 0. The number of hydrogen-bond acceptors (Lipinski definition) is 3. The molecule has 0 aromatic heterocycles. The lowest BCUT2D eigenvalue weighted by molar-refractivity contribution is 0.179. The molecule has 1 atom stereocenters. The molecule has 0 aliphatic rings. The molecule has 5 heteroatoms. The number of para-hydroxylation sites is 1. The fraction of sp³-hybridized carbons (Fsp3) is 0.462. The minimum Gasteiger partial charge on any atom is -0.492 e. The van der Waals surface area contributed by atoms with Crippen LogP contribution in [0.2, 0.25) is 0 Å². The van der Waals surface area contributed by atoms with E-state index in [0.29, 0.717) is 24.9 Å². The average molecular weight is 268 g/mol. The second kappa shape index (κ2) is 8.72. The van der Waals surface area contributed by atoms with Crippen LogP contribution < -0.4 is 15.4 Å². The van der Waals surface area contributed by atoms with Crippen LogP contribution in [-0.4, -0.2) is 38.0 Å². The van der Waals surface area contributed by atoms with Crippen molar-refractivity contribution < 1.29 is 9.47 Å². The normalized spacial score (nSPS) is 11.7. The van der Waals surface area contributed by atoms with E-state index in [1.54, 1.807) is 7.11 Å². The van der Waals surface area contributed by atoms with Crippen molar-refractivity contribution in [3.63, 3.8) is 0 Å². The molecule has 4 nitrogen and oxygen atoms in total. The highest BCUT2D eigenvalue weighted by Gasteiger charge is 2.02. The molecule has 0 saturated heterocycles. The Bertz CT molecular complexity index is 346. The fourth-order valence-corrected chi connectivity index (χ4v) is 1.72. The van der Waals surface area contributed by atoms with Crippen LogP contribution in [0.3, 0.4) is 0 Å². The lowest BCUT2D eigenvalue weighted by Crippen LogP contribution is -2.43. The third kappa shape index (κ3) is 6.42. The van der Waals surface area contributed by atoms with Crippen LogP contribution in [0, 0.1) is 0 Å². The summed E-state index contributed by atoms with van der Waals surface area (Å²) < 4.78 is 10.5. The Morgan fingerprint density at radius 1 is 1.33 bits per heavy atom. The molecule has 0 heterocycles. The van der Waals surface area contributed by atoms with Gasteiger partial charge in [-0.05, 0) is 31.3 Å². The second-order valence-corrected chi connectivity index (χ2v) is 4.33. The molecular weight excluding hydrogens is 248 g/mol. The van der Waals surface area contributed by atoms with Gasteiger partial charge in [0.05, 0.1) is 13.2 Å². The molecule has 1 aromatic carbocycles. The van der Waals surface area contributed by atoms with Gasteiger partial charge in [-0.3, -0.25) is 0 Å². The first-order chi connectivity index (χ1) is 8.72. The highest BCUT2D eigenvalue weighted by Crippen LogP contribution is 2.07. The second-order valence-electron chi connectivity index (χ2n) is 3.92. The summed E-state index contributed by atoms with van der Waals surface area (Å²) in [6, 6.07) is 9.91. The number of benzene rings is 1. The van der Waals surface area contributed by atoms with Crippen LogP contribution >= 0.6 is 12.2 Å². The molecule has 0 amide bonds. The van der Waals surface area contributed by atoms with Crippen molar-refractivity contribution in [3.05, 3.63) is 30.3 Å². The molecule has 0 aliphatic heterocycles. The van der Waals surface area contributed by atoms with E-state index in [4.69, 9.17) is 21.7 Å². The van der Waals surface area contributed by atoms with E-state index in [-0.39, 0.29) is 6.04 Å². The molecule has 0 aliphatic carbocycles. The van der Waals surface area contributed by atoms with Gasteiger partial charge in [-0.25, -0.2) is 0 Å². The molecular formula is C13H20N2O2S. The van der Waals surface area contributed by atoms with Crippen molar-refractivity contribution in [1.82, 2.24) is 10.6 Å². The minimum atomic E-state index is 0.199. The number of hydrogen-bond donors (Lipinski definition) is 2. The van der Waals surface area contributed by atoms with Gasteiger partial charge >= 0.3 is 0 Å². The maximum Gasteiger partial charge on any atom is 0.166 e. The molecule has 18 heavy (non-hydrogen) atoms. The SMILES string of the molecule is COCC(C)NC(=S)NCCOc1ccccc1. The van der Waals surface area contributed by atoms with Crippen LogP contribution in [-0.2, 0) is 4.74 Å². The van der Waals surface area contributed by atoms with E-state index < -0.39 is 0 Å². The van der Waals surface area contributed by atoms with Crippen LogP contribution in [0.4, 0.5) is 0 Å². The average Bonchev–Trinajstić information content (AvgIpc) is 2.36. The quantitative estimate of drug-likeness (QED) is 0.580. The molecule has 1 aromatic rings. The standard InChI is InChI=1S/C13H20N2O2S/c1-11(10-16-2)15-13(18)14-8-9-17-12-6-4-3-5-7-12/h3-7,11H,8-10H2,1-2H3,(H2,14,15,18). The topological polar surface area (TPSA) is 42.5 Å². The van der Waals surface area contributed by atoms with Gasteiger partial charge in [-0.1, -0.05) is 18.2 Å². The summed E-state index contributed by atoms with van der Waals surface area (Å²) in [5, 5.41) is 6.82. The number of methoxy groups -OCH3 is 1. The monoisotopic (exact) mass is 268 g/mol. The predicted octanol–water partition coefficient (Wildman–Crippen LogP) is 1.56. The van der Waals surface area contributed by atoms with E-state index in [0.717, 1.165) is 5.75 Å². The Balaban J connectivity index is 2.09. The molecule has 2 N–H and O–H groups in total. The van der Waals surface area contributed by atoms with E-state index in [9.17, 15) is 0 Å². The Morgan fingerprint density at radius 3 is 2.72 bits per heavy atom. The van der Waals surface area contributed by atoms with E-state index in [2.05, 4.69) is 10.6 Å². The van der Waals surface area contributed by atoms with Crippen molar-refractivity contribution in [3.8, 4) is 5.75 Å². The van der Waals surface area contributed by atoms with E-state index in [1.165, 1.54) is 0 Å². The summed E-state index contributed by atoms with van der Waals surface area (Å²) in [5.41, 5.74) is 0. The fourth-order valence-electron chi connectivity index (χ4n) is 1.42. The molecule has 0 fully saturated rings. The summed E-state index contributed by atoms with van der Waals surface area (Å²) >= 11 is 5.14. The lowest BCUT2D eigenvalue weighted by Gasteiger charge is -2.16. The van der Waals surface area contributed by atoms with E-state index in [1.807, 2.05) is 37.3 Å². The van der Waals surface area contributed by atoms with Gasteiger partial charge in [-0.2, -0.15) is 0 Å². The third-order valence-electron chi connectivity index (χ3n) is 2.19. The Morgan fingerprint density at radius 2 is 2.06 bits per heavy atom. The van der Waals surface area contributed by atoms with Crippen molar-refractivity contribution in [2.45, 2.75) is 13.0 Å². The molecule has 0 spiro atoms. The lowest BCUT2D eigenvalue weighted by atomic mass is 10.3. The summed E-state index contributed by atoms with van der Waals surface area (Å²) in [6.07, 6.45) is 0. The zero-order valence-electron chi connectivity index (χ0n) is 10.8. The highest BCUT2D eigenvalue weighted by atomic mass is 32.1. The predicted molar refractivity (Wildman–Crippen MR) is 77.0 cm³/mol. The smallest absolute Gasteiger partial charge is 0.166 e. The molecule has 0 bridgehead atoms. The van der Waals surface area contributed by atoms with Crippen LogP contribution in [0.25, 0.3) is 0 Å². The van der Waals surface area contributed by atoms with Gasteiger partial charge in [0, 0.05) is 13.2 Å². The van der Waals surface area contributed by atoms with Crippen molar-refractivity contribution >= 4 is 17.3 Å². The molecule has 0 saturated carbocycles. The third-order valence-corrected chi connectivity index (χ3v) is 2.46. The highest BCUT2D eigenvalue weighted by molar-refractivity contribution is 7.80. The Kier molecular flexibility index (Phi) is 7.13. The molecule has 100 valence electrons. The van der Waals surface area contributed by atoms with Gasteiger partial charge in [0.15, 0.2) is 5.11 Å². The van der Waals surface area contributed by atoms with Gasteiger partial charge in [0.2, 0.25) is 0 Å². The van der Waals surface area contributed by atoms with Crippen molar-refractivity contribution in [2.24, 2.45) is 0 Å². The molecule has 1 unspecified atom stereocenters. The first-order valence-electron chi connectivity index (χ1n) is 5.93. The molecule has 1 rings (SSSR count). The van der Waals surface area contributed by atoms with Gasteiger partial charge in [-0.15, -0.1) is 0 Å². The zero-order valence-corrected chi connectivity index (χ0v) is 11.6. The first-order valence-corrected chi connectivity index (χ1v) is 6.34. The maximum atomic E-state index is 5.53. The largest absolute Gasteiger partial charge is 0.492 e. The summed E-state index contributed by atoms with van der Waals surface area (Å²) in [7, 11) is 1.67. The van der Waals surface area contributed by atoms with Gasteiger partial charge in [0.1, 0.15) is 12.4 Å². The minimum absolute atomic E-state index is 0.199. The first kappa shape index (κ1) is 14.7. The van der Waals surface area contributed by atoms with Crippen LogP contribution in [0.1, 0.15) is 6.92 Å². The molecule has 0 radical (unpaired) electrons. The number of thiocarbonyl (C=S) groups is 1. The maximum absolute atomic E-state index is 5.53. The zero-order chi connectivity index (χ0) is 13.2. The van der Waals surface area contributed by atoms with Crippen molar-refractivity contribution in [1.29, 1.82) is 0 Å². The van der Waals surface area contributed by atoms with Gasteiger partial charge in [0.25, 0.3) is 0 Å². The van der Waals surface area contributed by atoms with Crippen LogP contribution in [0.15, 0.2) is 30.3 Å². The Hall–Kier alpha value is -1.33. The number of ether oxygens (including phenoxy) is 2. The number of rotatable bonds is 7. The number of nitrogens with one attached hydrogen (secondary N) is 2.